The second-order valence-electron chi connectivity index (χ2n) is 7.01. The second-order valence-corrected chi connectivity index (χ2v) is 9.24. The van der Waals surface area contributed by atoms with Gasteiger partial charge in [-0.1, -0.05) is 0 Å². The number of nitrogens with one attached hydrogen (secondary N) is 2. The SMILES string of the molecule is CCOc1ccc(NC(=O)c2ccc(NC(=O)CC3CCS(=O)(=O)C3)cc2)cc1. The summed E-state index contributed by atoms with van der Waals surface area (Å²) in [6.45, 7) is 2.48. The van der Waals surface area contributed by atoms with E-state index in [1.54, 1.807) is 48.5 Å². The highest BCUT2D eigenvalue weighted by Gasteiger charge is 2.29. The molecule has 3 rings (SSSR count). The van der Waals surface area contributed by atoms with Crippen molar-refractivity contribution in [3.63, 3.8) is 0 Å². The quantitative estimate of drug-likeness (QED) is 0.722. The zero-order valence-electron chi connectivity index (χ0n) is 16.2. The smallest absolute Gasteiger partial charge is 0.255 e. The third-order valence-electron chi connectivity index (χ3n) is 4.65. The van der Waals surface area contributed by atoms with Crippen molar-refractivity contribution in [1.29, 1.82) is 0 Å². The molecule has 8 heteroatoms. The number of amides is 2. The summed E-state index contributed by atoms with van der Waals surface area (Å²) in [5.74, 6) is 0.357. The minimum absolute atomic E-state index is 0.0745. The lowest BCUT2D eigenvalue weighted by Crippen LogP contribution is -2.17. The molecule has 0 saturated carbocycles. The monoisotopic (exact) mass is 416 g/mol. The van der Waals surface area contributed by atoms with Crippen LogP contribution in [0, 0.1) is 5.92 Å². The van der Waals surface area contributed by atoms with Crippen molar-refractivity contribution >= 4 is 33.0 Å². The van der Waals surface area contributed by atoms with Crippen molar-refractivity contribution in [1.82, 2.24) is 0 Å². The van der Waals surface area contributed by atoms with Gasteiger partial charge < -0.3 is 15.4 Å². The first-order valence-corrected chi connectivity index (χ1v) is 11.3. The van der Waals surface area contributed by atoms with E-state index in [0.717, 1.165) is 5.75 Å². The molecule has 2 N–H and O–H groups in total. The first-order chi connectivity index (χ1) is 13.8. The second kappa shape index (κ2) is 9.09. The Kier molecular flexibility index (Phi) is 6.53. The van der Waals surface area contributed by atoms with E-state index in [2.05, 4.69) is 10.6 Å². The van der Waals surface area contributed by atoms with Gasteiger partial charge in [0.05, 0.1) is 18.1 Å². The number of ether oxygens (including phenoxy) is 1. The molecule has 1 heterocycles. The maximum atomic E-state index is 12.4. The Morgan fingerprint density at radius 1 is 1.00 bits per heavy atom. The molecular weight excluding hydrogens is 392 g/mol. The Bertz CT molecular complexity index is 969. The van der Waals surface area contributed by atoms with E-state index in [9.17, 15) is 18.0 Å². The zero-order chi connectivity index (χ0) is 20.9. The highest BCUT2D eigenvalue weighted by molar-refractivity contribution is 7.91. The summed E-state index contributed by atoms with van der Waals surface area (Å²) in [4.78, 5) is 24.5. The molecule has 29 heavy (non-hydrogen) atoms. The van der Waals surface area contributed by atoms with Crippen LogP contribution in [-0.4, -0.2) is 38.3 Å². The number of carbonyl (C=O) groups excluding carboxylic acids is 2. The van der Waals surface area contributed by atoms with E-state index < -0.39 is 9.84 Å². The maximum Gasteiger partial charge on any atom is 0.255 e. The average molecular weight is 416 g/mol. The standard InChI is InChI=1S/C21H24N2O5S/c1-2-28-19-9-7-18(8-10-19)23-21(25)16-3-5-17(6-4-16)22-20(24)13-15-11-12-29(26,27)14-15/h3-10,15H,2,11-14H2,1H3,(H,22,24)(H,23,25). The topological polar surface area (TPSA) is 102 Å². The van der Waals surface area contributed by atoms with Crippen LogP contribution in [0.15, 0.2) is 48.5 Å². The molecule has 0 spiro atoms. The summed E-state index contributed by atoms with van der Waals surface area (Å²) < 4.78 is 28.3. The lowest BCUT2D eigenvalue weighted by Gasteiger charge is -2.10. The van der Waals surface area contributed by atoms with Crippen LogP contribution >= 0.6 is 0 Å². The minimum Gasteiger partial charge on any atom is -0.494 e. The van der Waals surface area contributed by atoms with Gasteiger partial charge in [0, 0.05) is 23.4 Å². The molecule has 1 saturated heterocycles. The molecule has 0 bridgehead atoms. The lowest BCUT2D eigenvalue weighted by atomic mass is 10.0. The van der Waals surface area contributed by atoms with Gasteiger partial charge >= 0.3 is 0 Å². The average Bonchev–Trinajstić information content (AvgIpc) is 3.02. The molecule has 2 aromatic rings. The first kappa shape index (κ1) is 20.9. The predicted molar refractivity (Wildman–Crippen MR) is 112 cm³/mol. The Balaban J connectivity index is 1.52. The number of carbonyl (C=O) groups is 2. The van der Waals surface area contributed by atoms with Crippen LogP contribution in [0.4, 0.5) is 11.4 Å². The molecule has 0 aliphatic carbocycles. The molecule has 1 atom stereocenters. The van der Waals surface area contributed by atoms with Gasteiger partial charge in [0.25, 0.3) is 5.91 Å². The highest BCUT2D eigenvalue weighted by atomic mass is 32.2. The summed E-state index contributed by atoms with van der Waals surface area (Å²) in [5.41, 5.74) is 1.68. The van der Waals surface area contributed by atoms with Gasteiger partial charge in [-0.3, -0.25) is 9.59 Å². The molecule has 0 aromatic heterocycles. The molecular formula is C21H24N2O5S. The predicted octanol–water partition coefficient (Wildman–Crippen LogP) is 3.10. The van der Waals surface area contributed by atoms with Crippen LogP contribution in [0.5, 0.6) is 5.75 Å². The van der Waals surface area contributed by atoms with Crippen LogP contribution in [-0.2, 0) is 14.6 Å². The zero-order valence-corrected chi connectivity index (χ0v) is 17.0. The van der Waals surface area contributed by atoms with E-state index in [0.29, 0.717) is 30.0 Å². The van der Waals surface area contributed by atoms with Crippen molar-refractivity contribution in [3.05, 3.63) is 54.1 Å². The fourth-order valence-electron chi connectivity index (χ4n) is 3.22. The Morgan fingerprint density at radius 2 is 1.62 bits per heavy atom. The molecule has 0 radical (unpaired) electrons. The Hall–Kier alpha value is -2.87. The van der Waals surface area contributed by atoms with E-state index in [-0.39, 0.29) is 35.7 Å². The fraction of sp³-hybridized carbons (Fsp3) is 0.333. The van der Waals surface area contributed by atoms with Gasteiger partial charge in [0.15, 0.2) is 9.84 Å². The largest absolute Gasteiger partial charge is 0.494 e. The van der Waals surface area contributed by atoms with E-state index in [4.69, 9.17) is 4.74 Å². The van der Waals surface area contributed by atoms with Crippen LogP contribution in [0.25, 0.3) is 0 Å². The molecule has 1 fully saturated rings. The van der Waals surface area contributed by atoms with Crippen molar-refractivity contribution < 1.29 is 22.7 Å². The fourth-order valence-corrected chi connectivity index (χ4v) is 5.08. The molecule has 7 nitrogen and oxygen atoms in total. The normalized spacial score (nSPS) is 17.5. The summed E-state index contributed by atoms with van der Waals surface area (Å²) in [7, 11) is -2.99. The summed E-state index contributed by atoms with van der Waals surface area (Å²) in [6.07, 6.45) is 0.708. The van der Waals surface area contributed by atoms with Gasteiger partial charge in [-0.15, -0.1) is 0 Å². The third-order valence-corrected chi connectivity index (χ3v) is 6.49. The van der Waals surface area contributed by atoms with Crippen LogP contribution in [0.3, 0.4) is 0 Å². The molecule has 154 valence electrons. The van der Waals surface area contributed by atoms with Gasteiger partial charge in [-0.25, -0.2) is 8.42 Å². The lowest BCUT2D eigenvalue weighted by molar-refractivity contribution is -0.116. The van der Waals surface area contributed by atoms with E-state index in [1.165, 1.54) is 0 Å². The summed E-state index contributed by atoms with van der Waals surface area (Å²) >= 11 is 0. The molecule has 1 unspecified atom stereocenters. The molecule has 1 aliphatic rings. The van der Waals surface area contributed by atoms with Crippen LogP contribution in [0.1, 0.15) is 30.1 Å². The first-order valence-electron chi connectivity index (χ1n) is 9.49. The number of hydrogen-bond donors (Lipinski definition) is 2. The number of rotatable bonds is 7. The Morgan fingerprint density at radius 3 is 2.21 bits per heavy atom. The van der Waals surface area contributed by atoms with Gasteiger partial charge in [0.2, 0.25) is 5.91 Å². The highest BCUT2D eigenvalue weighted by Crippen LogP contribution is 2.22. The number of benzene rings is 2. The van der Waals surface area contributed by atoms with Gasteiger partial charge in [-0.2, -0.15) is 0 Å². The Labute approximate surface area is 170 Å². The van der Waals surface area contributed by atoms with Crippen molar-refractivity contribution in [2.45, 2.75) is 19.8 Å². The number of hydrogen-bond acceptors (Lipinski definition) is 5. The number of sulfone groups is 1. The minimum atomic E-state index is -2.99. The van der Waals surface area contributed by atoms with Crippen LogP contribution in [0.2, 0.25) is 0 Å². The summed E-state index contributed by atoms with van der Waals surface area (Å²) in [6, 6.07) is 13.6. The van der Waals surface area contributed by atoms with Crippen LogP contribution < -0.4 is 15.4 Å². The van der Waals surface area contributed by atoms with Gasteiger partial charge in [0.1, 0.15) is 5.75 Å². The summed E-state index contributed by atoms with van der Waals surface area (Å²) in [5, 5.41) is 5.56. The number of anilines is 2. The molecule has 2 amide bonds. The van der Waals surface area contributed by atoms with Gasteiger partial charge in [-0.05, 0) is 67.8 Å². The molecule has 1 aliphatic heterocycles. The van der Waals surface area contributed by atoms with Crippen molar-refractivity contribution in [3.8, 4) is 5.75 Å². The molecule has 2 aromatic carbocycles. The van der Waals surface area contributed by atoms with Crippen molar-refractivity contribution in [2.75, 3.05) is 28.7 Å². The third kappa shape index (κ3) is 6.05. The maximum absolute atomic E-state index is 12.4. The van der Waals surface area contributed by atoms with Crippen molar-refractivity contribution in [2.24, 2.45) is 5.92 Å². The van der Waals surface area contributed by atoms with E-state index in [1.807, 2.05) is 6.92 Å². The van der Waals surface area contributed by atoms with E-state index >= 15 is 0 Å².